The summed E-state index contributed by atoms with van der Waals surface area (Å²) < 4.78 is 5.23. The maximum absolute atomic E-state index is 12.9. The number of nitrogens with zero attached hydrogens (tertiary/aromatic N) is 1. The number of ether oxygens (including phenoxy) is 1. The second-order valence-corrected chi connectivity index (χ2v) is 10.6. The molecule has 2 aliphatic carbocycles. The molecule has 0 saturated heterocycles. The molecule has 0 heterocycles. The molecule has 0 aromatic heterocycles. The smallest absolute Gasteiger partial charge is 0.311 e. The van der Waals surface area contributed by atoms with Gasteiger partial charge in [0.2, 0.25) is 0 Å². The van der Waals surface area contributed by atoms with Gasteiger partial charge in [-0.05, 0) is 74.3 Å². The molecule has 0 aliphatic heterocycles. The summed E-state index contributed by atoms with van der Waals surface area (Å²) in [6, 6.07) is 2.47. The number of methoxy groups -OCH3 is 1. The topological polar surface area (TPSA) is 81.5 Å². The van der Waals surface area contributed by atoms with Gasteiger partial charge in [0.05, 0.1) is 23.0 Å². The molecule has 3 atom stereocenters. The van der Waals surface area contributed by atoms with Gasteiger partial charge in [-0.25, -0.2) is 0 Å². The van der Waals surface area contributed by atoms with Crippen molar-refractivity contribution < 1.29 is 14.5 Å². The Labute approximate surface area is 192 Å². The highest BCUT2D eigenvalue weighted by Gasteiger charge is 2.56. The van der Waals surface area contributed by atoms with E-state index in [1.165, 1.54) is 7.11 Å². The van der Waals surface area contributed by atoms with Crippen LogP contribution in [-0.2, 0) is 21.4 Å². The second kappa shape index (κ2) is 9.03. The molecule has 2 aliphatic rings. The highest BCUT2D eigenvalue weighted by molar-refractivity contribution is 5.78. The number of nitro benzene ring substituents is 1. The van der Waals surface area contributed by atoms with Gasteiger partial charge in [-0.2, -0.15) is 0 Å². The number of benzene rings is 1. The first-order chi connectivity index (χ1) is 15.0. The molecule has 0 spiro atoms. The Kier molecular flexibility index (Phi) is 6.92. The van der Waals surface area contributed by atoms with Crippen LogP contribution >= 0.6 is 0 Å². The van der Waals surface area contributed by atoms with Crippen LogP contribution in [0.2, 0.25) is 0 Å². The first-order valence-electron chi connectivity index (χ1n) is 12.2. The summed E-state index contributed by atoms with van der Waals surface area (Å²) in [5, 5.41) is 16.1. The maximum Gasteiger partial charge on any atom is 0.311 e. The van der Waals surface area contributed by atoms with Crippen molar-refractivity contribution in [3.63, 3.8) is 0 Å². The predicted molar refractivity (Wildman–Crippen MR) is 128 cm³/mol. The molecule has 1 fully saturated rings. The van der Waals surface area contributed by atoms with Gasteiger partial charge in [-0.3, -0.25) is 14.9 Å². The molecule has 32 heavy (non-hydrogen) atoms. The Balaban J connectivity index is 2.27. The molecular formula is C26H40N2O4. The van der Waals surface area contributed by atoms with Crippen molar-refractivity contribution in [2.45, 2.75) is 104 Å². The largest absolute Gasteiger partial charge is 0.469 e. The van der Waals surface area contributed by atoms with Crippen molar-refractivity contribution in [2.75, 3.05) is 12.4 Å². The van der Waals surface area contributed by atoms with Crippen molar-refractivity contribution in [1.82, 2.24) is 0 Å². The number of carbonyl (C=O) groups is 1. The van der Waals surface area contributed by atoms with Gasteiger partial charge in [0, 0.05) is 17.3 Å². The van der Waals surface area contributed by atoms with Crippen molar-refractivity contribution >= 4 is 17.3 Å². The third-order valence-electron chi connectivity index (χ3n) is 8.43. The normalized spacial score (nSPS) is 27.1. The predicted octanol–water partition coefficient (Wildman–Crippen LogP) is 6.50. The fourth-order valence-electron chi connectivity index (χ4n) is 6.71. The first kappa shape index (κ1) is 24.5. The van der Waals surface area contributed by atoms with Crippen LogP contribution in [0.1, 0.15) is 103 Å². The molecule has 3 rings (SSSR count). The molecule has 178 valence electrons. The highest BCUT2D eigenvalue weighted by atomic mass is 16.6. The van der Waals surface area contributed by atoms with E-state index in [1.54, 1.807) is 0 Å². The average Bonchev–Trinajstić information content (AvgIpc) is 2.75. The van der Waals surface area contributed by atoms with Crippen molar-refractivity contribution in [1.29, 1.82) is 0 Å². The fraction of sp³-hybridized carbons (Fsp3) is 0.731. The summed E-state index contributed by atoms with van der Waals surface area (Å²) >= 11 is 0. The van der Waals surface area contributed by atoms with Crippen LogP contribution in [-0.4, -0.2) is 24.0 Å². The van der Waals surface area contributed by atoms with Gasteiger partial charge in [0.1, 0.15) is 0 Å². The number of nitro groups is 1. The number of hydrogen-bond donors (Lipinski definition) is 1. The van der Waals surface area contributed by atoms with Crippen molar-refractivity contribution in [3.05, 3.63) is 32.9 Å². The Morgan fingerprint density at radius 3 is 2.47 bits per heavy atom. The molecule has 0 bridgehead atoms. The van der Waals surface area contributed by atoms with Gasteiger partial charge in [0.15, 0.2) is 0 Å². The summed E-state index contributed by atoms with van der Waals surface area (Å²) in [6.45, 7) is 12.6. The Morgan fingerprint density at radius 2 is 1.94 bits per heavy atom. The van der Waals surface area contributed by atoms with E-state index < -0.39 is 5.41 Å². The van der Waals surface area contributed by atoms with Crippen molar-refractivity contribution in [3.8, 4) is 0 Å². The van der Waals surface area contributed by atoms with Crippen LogP contribution in [0.3, 0.4) is 0 Å². The summed E-state index contributed by atoms with van der Waals surface area (Å²) in [5.41, 5.74) is 3.08. The summed E-state index contributed by atoms with van der Waals surface area (Å²) in [7, 11) is 1.47. The molecule has 1 aromatic rings. The zero-order valence-corrected chi connectivity index (χ0v) is 20.8. The number of nitrogens with one attached hydrogen (secondary N) is 1. The Morgan fingerprint density at radius 1 is 1.28 bits per heavy atom. The van der Waals surface area contributed by atoms with E-state index in [0.717, 1.165) is 60.9 Å². The maximum atomic E-state index is 12.9. The third-order valence-corrected chi connectivity index (χ3v) is 8.43. The first-order valence-corrected chi connectivity index (χ1v) is 12.2. The minimum atomic E-state index is -0.562. The molecule has 6 nitrogen and oxygen atoms in total. The lowest BCUT2D eigenvalue weighted by molar-refractivity contribution is -0.386. The van der Waals surface area contributed by atoms with Gasteiger partial charge >= 0.3 is 5.97 Å². The molecule has 0 unspecified atom stereocenters. The molecule has 1 aromatic carbocycles. The summed E-state index contributed by atoms with van der Waals surface area (Å²) in [4.78, 5) is 25.1. The van der Waals surface area contributed by atoms with Crippen LogP contribution in [0.25, 0.3) is 0 Å². The van der Waals surface area contributed by atoms with E-state index in [-0.39, 0.29) is 39.9 Å². The van der Waals surface area contributed by atoms with E-state index in [9.17, 15) is 14.9 Å². The van der Waals surface area contributed by atoms with Crippen LogP contribution in [0, 0.1) is 21.4 Å². The summed E-state index contributed by atoms with van der Waals surface area (Å²) in [5.74, 6) is -0.00969. The van der Waals surface area contributed by atoms with Crippen LogP contribution in [0.5, 0.6) is 0 Å². The number of esters is 1. The molecule has 6 heteroatoms. The number of rotatable bonds is 7. The van der Waals surface area contributed by atoms with Crippen LogP contribution < -0.4 is 5.32 Å². The third kappa shape index (κ3) is 3.80. The lowest BCUT2D eigenvalue weighted by atomic mass is 9.49. The number of anilines is 1. The fourth-order valence-corrected chi connectivity index (χ4v) is 6.71. The zero-order valence-electron chi connectivity index (χ0n) is 20.8. The number of hydrogen-bond acceptors (Lipinski definition) is 5. The highest BCUT2D eigenvalue weighted by Crippen LogP contribution is 2.59. The zero-order chi connectivity index (χ0) is 23.8. The van der Waals surface area contributed by atoms with Gasteiger partial charge in [-0.15, -0.1) is 0 Å². The molecule has 0 amide bonds. The van der Waals surface area contributed by atoms with E-state index in [4.69, 9.17) is 4.74 Å². The van der Waals surface area contributed by atoms with E-state index >= 15 is 0 Å². The number of carbonyl (C=O) groups excluding carboxylic acids is 1. The van der Waals surface area contributed by atoms with E-state index in [1.807, 2.05) is 20.8 Å². The van der Waals surface area contributed by atoms with E-state index in [0.29, 0.717) is 6.42 Å². The van der Waals surface area contributed by atoms with Crippen molar-refractivity contribution in [2.24, 2.45) is 11.3 Å². The lowest BCUT2D eigenvalue weighted by Gasteiger charge is -2.54. The summed E-state index contributed by atoms with van der Waals surface area (Å²) in [6.07, 6.45) is 5.96. The average molecular weight is 445 g/mol. The standard InChI is InChI=1S/C26H40N2O4/c1-8-17(9-2)27-20-15-19-18(23(28(30)31)22(20)16(3)4)11-12-21-25(19,5)13-10-14-26(21,6)24(29)32-7/h15-17,21,27H,8-14H2,1-7H3/t21-,25-,26-/m1/s1. The van der Waals surface area contributed by atoms with Crippen LogP contribution in [0.15, 0.2) is 6.07 Å². The van der Waals surface area contributed by atoms with Gasteiger partial charge in [0.25, 0.3) is 5.69 Å². The van der Waals surface area contributed by atoms with Gasteiger partial charge < -0.3 is 10.1 Å². The Hall–Kier alpha value is -2.11. The quantitative estimate of drug-likeness (QED) is 0.295. The second-order valence-electron chi connectivity index (χ2n) is 10.6. The minimum absolute atomic E-state index is 0.0368. The van der Waals surface area contributed by atoms with Crippen LogP contribution in [0.4, 0.5) is 11.4 Å². The SMILES string of the molecule is CCC(CC)Nc1cc2c(c([N+](=O)[O-])c1C(C)C)CC[C@H]1[C@](C)(C(=O)OC)CCC[C@]21C. The lowest BCUT2D eigenvalue weighted by Crippen LogP contribution is -2.52. The molecule has 1 saturated carbocycles. The Bertz CT molecular complexity index is 892. The molecular weight excluding hydrogens is 404 g/mol. The van der Waals surface area contributed by atoms with E-state index in [2.05, 4.69) is 32.2 Å². The number of fused-ring (bicyclic) bond motifs is 3. The molecule has 0 radical (unpaired) electrons. The monoisotopic (exact) mass is 444 g/mol. The van der Waals surface area contributed by atoms with Gasteiger partial charge in [-0.1, -0.05) is 41.0 Å². The minimum Gasteiger partial charge on any atom is -0.469 e. The molecule has 1 N–H and O–H groups in total.